The molecule has 0 atom stereocenters. The van der Waals surface area contributed by atoms with Crippen LogP contribution in [0.2, 0.25) is 0 Å². The number of nitrogens with zero attached hydrogens (tertiary/aromatic N) is 2. The van der Waals surface area contributed by atoms with Gasteiger partial charge in [-0.3, -0.25) is 4.90 Å². The lowest BCUT2D eigenvalue weighted by atomic mass is 10.1. The van der Waals surface area contributed by atoms with Crippen molar-refractivity contribution in [1.82, 2.24) is 0 Å². The third kappa shape index (κ3) is 4.29. The van der Waals surface area contributed by atoms with E-state index in [4.69, 9.17) is 19.0 Å². The Morgan fingerprint density at radius 1 is 1.22 bits per heavy atom. The maximum absolute atomic E-state index is 11.5. The van der Waals surface area contributed by atoms with Gasteiger partial charge in [0.1, 0.15) is 13.3 Å². The number of fused-ring (bicyclic) bond motifs is 1. The van der Waals surface area contributed by atoms with E-state index in [1.54, 1.807) is 18.2 Å². The molecule has 0 radical (unpaired) electrons. The molecule has 3 rings (SSSR count). The molecule has 0 saturated carbocycles. The SMILES string of the molecule is COCN(C(=O)O)c1ccccc1CON=C(C)c1ccc2c(c1)OCO2. The van der Waals surface area contributed by atoms with Gasteiger partial charge in [0.15, 0.2) is 11.5 Å². The summed E-state index contributed by atoms with van der Waals surface area (Å²) in [6.07, 6.45) is -1.11. The Morgan fingerprint density at radius 2 is 2.00 bits per heavy atom. The van der Waals surface area contributed by atoms with Crippen LogP contribution in [0.3, 0.4) is 0 Å². The van der Waals surface area contributed by atoms with E-state index in [1.165, 1.54) is 7.11 Å². The molecule has 1 aliphatic rings. The average Bonchev–Trinajstić information content (AvgIpc) is 3.14. The molecule has 0 aromatic heterocycles. The van der Waals surface area contributed by atoms with Crippen molar-refractivity contribution >= 4 is 17.5 Å². The number of para-hydroxylation sites is 1. The number of ether oxygens (including phenoxy) is 3. The highest BCUT2D eigenvalue weighted by Gasteiger charge is 2.18. The van der Waals surface area contributed by atoms with E-state index in [1.807, 2.05) is 31.2 Å². The molecular formula is C19H20N2O6. The average molecular weight is 372 g/mol. The van der Waals surface area contributed by atoms with Crippen LogP contribution in [0.5, 0.6) is 11.5 Å². The van der Waals surface area contributed by atoms with Gasteiger partial charge in [-0.1, -0.05) is 23.4 Å². The summed E-state index contributed by atoms with van der Waals surface area (Å²) in [6, 6.07) is 12.6. The van der Waals surface area contributed by atoms with Gasteiger partial charge in [-0.2, -0.15) is 0 Å². The van der Waals surface area contributed by atoms with E-state index < -0.39 is 6.09 Å². The van der Waals surface area contributed by atoms with Crippen LogP contribution >= 0.6 is 0 Å². The first kappa shape index (κ1) is 18.5. The first-order chi connectivity index (χ1) is 13.1. The van der Waals surface area contributed by atoms with Crippen molar-refractivity contribution in [2.24, 2.45) is 5.16 Å². The Hall–Kier alpha value is -3.26. The summed E-state index contributed by atoms with van der Waals surface area (Å²) in [5, 5.41) is 13.5. The topological polar surface area (TPSA) is 89.8 Å². The van der Waals surface area contributed by atoms with Crippen LogP contribution in [-0.4, -0.2) is 37.5 Å². The van der Waals surface area contributed by atoms with E-state index in [0.717, 1.165) is 10.5 Å². The van der Waals surface area contributed by atoms with Crippen molar-refractivity contribution in [2.75, 3.05) is 25.5 Å². The number of benzene rings is 2. The smallest absolute Gasteiger partial charge is 0.413 e. The van der Waals surface area contributed by atoms with Gasteiger partial charge in [0.2, 0.25) is 6.79 Å². The molecule has 142 valence electrons. The number of carbonyl (C=O) groups is 1. The second-order valence-electron chi connectivity index (χ2n) is 5.78. The summed E-state index contributed by atoms with van der Waals surface area (Å²) < 4.78 is 15.6. The second-order valence-corrected chi connectivity index (χ2v) is 5.78. The first-order valence-corrected chi connectivity index (χ1v) is 8.24. The number of amides is 1. The second kappa shape index (κ2) is 8.41. The van der Waals surface area contributed by atoms with Crippen LogP contribution in [0, 0.1) is 0 Å². The Balaban J connectivity index is 1.71. The van der Waals surface area contributed by atoms with Gasteiger partial charge >= 0.3 is 6.09 Å². The molecule has 1 heterocycles. The summed E-state index contributed by atoms with van der Waals surface area (Å²) in [5.74, 6) is 1.37. The fraction of sp³-hybridized carbons (Fsp3) is 0.263. The number of anilines is 1. The molecule has 0 fully saturated rings. The molecular weight excluding hydrogens is 352 g/mol. The minimum atomic E-state index is -1.11. The van der Waals surface area contributed by atoms with Gasteiger partial charge in [0.25, 0.3) is 0 Å². The zero-order valence-corrected chi connectivity index (χ0v) is 15.0. The number of hydrogen-bond donors (Lipinski definition) is 1. The number of methoxy groups -OCH3 is 1. The van der Waals surface area contributed by atoms with Crippen LogP contribution < -0.4 is 14.4 Å². The van der Waals surface area contributed by atoms with Gasteiger partial charge in [0.05, 0.1) is 11.4 Å². The van der Waals surface area contributed by atoms with Crippen molar-refractivity contribution in [3.63, 3.8) is 0 Å². The highest BCUT2D eigenvalue weighted by atomic mass is 16.7. The highest BCUT2D eigenvalue weighted by Crippen LogP contribution is 2.32. The van der Waals surface area contributed by atoms with Crippen molar-refractivity contribution in [2.45, 2.75) is 13.5 Å². The minimum Gasteiger partial charge on any atom is -0.465 e. The third-order valence-electron chi connectivity index (χ3n) is 3.98. The van der Waals surface area contributed by atoms with Gasteiger partial charge in [-0.05, 0) is 31.2 Å². The van der Waals surface area contributed by atoms with Gasteiger partial charge < -0.3 is 24.2 Å². The maximum Gasteiger partial charge on any atom is 0.413 e. The van der Waals surface area contributed by atoms with Crippen LogP contribution in [0.25, 0.3) is 0 Å². The fourth-order valence-corrected chi connectivity index (χ4v) is 2.63. The lowest BCUT2D eigenvalue weighted by molar-refractivity contribution is 0.130. The normalized spacial score (nSPS) is 12.7. The van der Waals surface area contributed by atoms with E-state index >= 15 is 0 Å². The molecule has 1 amide bonds. The molecule has 1 aliphatic heterocycles. The van der Waals surface area contributed by atoms with Gasteiger partial charge in [-0.25, -0.2) is 4.79 Å². The van der Waals surface area contributed by atoms with Gasteiger partial charge in [-0.15, -0.1) is 0 Å². The number of hydrogen-bond acceptors (Lipinski definition) is 6. The Bertz CT molecular complexity index is 852. The van der Waals surface area contributed by atoms with E-state index in [2.05, 4.69) is 5.16 Å². The molecule has 0 unspecified atom stereocenters. The molecule has 0 spiro atoms. The molecule has 27 heavy (non-hydrogen) atoms. The molecule has 0 saturated heterocycles. The Morgan fingerprint density at radius 3 is 2.78 bits per heavy atom. The quantitative estimate of drug-likeness (QED) is 0.455. The largest absolute Gasteiger partial charge is 0.465 e. The molecule has 2 aromatic rings. The van der Waals surface area contributed by atoms with E-state index in [0.29, 0.717) is 28.5 Å². The monoisotopic (exact) mass is 372 g/mol. The summed E-state index contributed by atoms with van der Waals surface area (Å²) in [5.41, 5.74) is 2.68. The third-order valence-corrected chi connectivity index (χ3v) is 3.98. The zero-order chi connectivity index (χ0) is 19.2. The lowest BCUT2D eigenvalue weighted by Gasteiger charge is -2.20. The molecule has 8 nitrogen and oxygen atoms in total. The van der Waals surface area contributed by atoms with Crippen molar-refractivity contribution in [1.29, 1.82) is 0 Å². The molecule has 8 heteroatoms. The standard InChI is InChI=1S/C19H20N2O6/c1-13(14-7-8-17-18(9-14)26-12-25-17)20-27-10-15-5-3-4-6-16(15)21(11-24-2)19(22)23/h3-9H,10-12H2,1-2H3,(H,22,23). The Kier molecular flexibility index (Phi) is 5.77. The molecule has 2 aromatic carbocycles. The predicted molar refractivity (Wildman–Crippen MR) is 98.4 cm³/mol. The number of rotatable bonds is 7. The number of oxime groups is 1. The van der Waals surface area contributed by atoms with Crippen molar-refractivity contribution in [3.8, 4) is 11.5 Å². The first-order valence-electron chi connectivity index (χ1n) is 8.24. The minimum absolute atomic E-state index is 0.0775. The van der Waals surface area contributed by atoms with Crippen LogP contribution in [0.1, 0.15) is 18.1 Å². The van der Waals surface area contributed by atoms with Crippen LogP contribution in [0.4, 0.5) is 10.5 Å². The molecule has 0 aliphatic carbocycles. The van der Waals surface area contributed by atoms with E-state index in [-0.39, 0.29) is 20.1 Å². The van der Waals surface area contributed by atoms with E-state index in [9.17, 15) is 9.90 Å². The maximum atomic E-state index is 11.5. The summed E-state index contributed by atoms with van der Waals surface area (Å²) >= 11 is 0. The highest BCUT2D eigenvalue weighted by molar-refractivity contribution is 5.98. The van der Waals surface area contributed by atoms with Crippen molar-refractivity contribution < 1.29 is 28.9 Å². The van der Waals surface area contributed by atoms with Crippen molar-refractivity contribution in [3.05, 3.63) is 53.6 Å². The summed E-state index contributed by atoms with van der Waals surface area (Å²) in [4.78, 5) is 18.0. The Labute approximate surface area is 156 Å². The lowest BCUT2D eigenvalue weighted by Crippen LogP contribution is -2.32. The number of carboxylic acid groups (broad SMARTS) is 1. The summed E-state index contributed by atoms with van der Waals surface area (Å²) in [7, 11) is 1.44. The fourth-order valence-electron chi connectivity index (χ4n) is 2.63. The summed E-state index contributed by atoms with van der Waals surface area (Å²) in [6.45, 7) is 2.07. The zero-order valence-electron chi connectivity index (χ0n) is 15.0. The predicted octanol–water partition coefficient (Wildman–Crippen LogP) is 3.44. The van der Waals surface area contributed by atoms with Crippen LogP contribution in [0.15, 0.2) is 47.6 Å². The van der Waals surface area contributed by atoms with Crippen LogP contribution in [-0.2, 0) is 16.2 Å². The molecule has 1 N–H and O–H groups in total. The molecule has 0 bridgehead atoms. The van der Waals surface area contributed by atoms with Gasteiger partial charge in [0, 0.05) is 18.2 Å².